The highest BCUT2D eigenvalue weighted by Gasteiger charge is 2.28. The standard InChI is InChI=1S/C68H113O11P/c1-4-7-10-13-16-19-22-25-28-30-32-34-37-39-42-45-48-51-54-57-66(70)75-61-65(79-68(72)59-56-53-50-47-44-41-38-35-33-31-29-26-23-20-17-14-11-8-5-2)63-77-80(73,74)76-62-64(60-69)78-67(71)58-55-52-49-46-43-40-36-27-24-21-18-15-12-9-6-3/h8-9,11-12,17-18,20-21,25-29,33,35-36,43,46,52,55,64-65,69H,4-7,10,13-16,19,22-24,30-32,34,37-42,44-45,47-51,53-54,56-63H2,1-3H3,(H,73,74)/b11-8-,12-9-,20-17-,21-18-,28-25-,29-26-,35-33-,36-27-,46-43-,55-52-. The van der Waals surface area contributed by atoms with Gasteiger partial charge in [-0.05, 0) is 109 Å². The van der Waals surface area contributed by atoms with Crippen LogP contribution < -0.4 is 0 Å². The Kier molecular flexibility index (Phi) is 57.8. The van der Waals surface area contributed by atoms with Crippen LogP contribution in [0.1, 0.15) is 252 Å². The summed E-state index contributed by atoms with van der Waals surface area (Å²) in [7, 11) is -4.79. The lowest BCUT2D eigenvalue weighted by molar-refractivity contribution is -0.161. The number of aliphatic hydroxyl groups excluding tert-OH is 1. The molecule has 0 aliphatic heterocycles. The topological polar surface area (TPSA) is 155 Å². The number of rotatable bonds is 57. The molecule has 456 valence electrons. The van der Waals surface area contributed by atoms with E-state index in [1.165, 1.54) is 83.5 Å². The Morgan fingerprint density at radius 1 is 0.375 bits per heavy atom. The van der Waals surface area contributed by atoms with E-state index >= 15 is 0 Å². The van der Waals surface area contributed by atoms with Gasteiger partial charge in [-0.3, -0.25) is 23.4 Å². The molecule has 0 aromatic carbocycles. The van der Waals surface area contributed by atoms with Crippen molar-refractivity contribution in [3.05, 3.63) is 122 Å². The highest BCUT2D eigenvalue weighted by molar-refractivity contribution is 7.47. The SMILES string of the molecule is CC/C=C\C/C=C\C/C=C\C/C=C\C/C=C\CC(=O)OC(CO)COP(=O)(O)OCC(COC(=O)CCCCCCCCCCC/C=C\CCCCCCCC)OC(=O)CCCCCCCC/C=C\C/C=C\C/C=C\C/C=C\CC. The number of carbonyl (C=O) groups excluding carboxylic acids is 3. The fraction of sp³-hybridized carbons (Fsp3) is 0.662. The molecule has 0 heterocycles. The molecule has 0 spiro atoms. The Morgan fingerprint density at radius 3 is 1.11 bits per heavy atom. The molecule has 3 atom stereocenters. The molecular formula is C68H113O11P. The van der Waals surface area contributed by atoms with Gasteiger partial charge in [-0.2, -0.15) is 0 Å². The van der Waals surface area contributed by atoms with Gasteiger partial charge in [0.05, 0.1) is 26.2 Å². The van der Waals surface area contributed by atoms with Crippen molar-refractivity contribution in [3.8, 4) is 0 Å². The number of phosphoric acid groups is 1. The lowest BCUT2D eigenvalue weighted by Gasteiger charge is -2.21. The lowest BCUT2D eigenvalue weighted by Crippen LogP contribution is -2.30. The molecular weight excluding hydrogens is 1020 g/mol. The number of carbonyl (C=O) groups is 3. The molecule has 0 rings (SSSR count). The first-order valence-electron chi connectivity index (χ1n) is 31.4. The van der Waals surface area contributed by atoms with E-state index in [-0.39, 0.29) is 25.9 Å². The number of esters is 3. The highest BCUT2D eigenvalue weighted by atomic mass is 31.2. The van der Waals surface area contributed by atoms with E-state index in [2.05, 4.69) is 118 Å². The Bertz CT molecular complexity index is 1800. The lowest BCUT2D eigenvalue weighted by atomic mass is 10.1. The Hall–Kier alpha value is -4.12. The first-order chi connectivity index (χ1) is 39.2. The summed E-state index contributed by atoms with van der Waals surface area (Å²) in [6.07, 6.45) is 76.1. The van der Waals surface area contributed by atoms with Crippen molar-refractivity contribution < 1.29 is 52.2 Å². The van der Waals surface area contributed by atoms with Crippen LogP contribution in [-0.2, 0) is 42.2 Å². The predicted molar refractivity (Wildman–Crippen MR) is 334 cm³/mol. The molecule has 3 unspecified atom stereocenters. The monoisotopic (exact) mass is 1140 g/mol. The van der Waals surface area contributed by atoms with Crippen molar-refractivity contribution in [2.24, 2.45) is 0 Å². The maximum Gasteiger partial charge on any atom is 0.472 e. The fourth-order valence-corrected chi connectivity index (χ4v) is 8.97. The van der Waals surface area contributed by atoms with E-state index in [0.717, 1.165) is 109 Å². The molecule has 0 aliphatic rings. The third-order valence-electron chi connectivity index (χ3n) is 12.9. The summed E-state index contributed by atoms with van der Waals surface area (Å²) in [5, 5.41) is 9.82. The molecule has 0 bridgehead atoms. The van der Waals surface area contributed by atoms with Gasteiger partial charge >= 0.3 is 25.7 Å². The predicted octanol–water partition coefficient (Wildman–Crippen LogP) is 19.1. The summed E-state index contributed by atoms with van der Waals surface area (Å²) in [6.45, 7) is 4.30. The summed E-state index contributed by atoms with van der Waals surface area (Å²) in [4.78, 5) is 48.7. The van der Waals surface area contributed by atoms with Crippen molar-refractivity contribution in [2.75, 3.05) is 26.4 Å². The van der Waals surface area contributed by atoms with Crippen LogP contribution in [0.25, 0.3) is 0 Å². The average Bonchev–Trinajstić information content (AvgIpc) is 3.45. The molecule has 0 fully saturated rings. The molecule has 0 amide bonds. The Labute approximate surface area is 487 Å². The van der Waals surface area contributed by atoms with Crippen LogP contribution in [0.4, 0.5) is 0 Å². The zero-order chi connectivity index (χ0) is 58.3. The maximum atomic E-state index is 13.0. The van der Waals surface area contributed by atoms with Gasteiger partial charge in [-0.25, -0.2) is 4.57 Å². The smallest absolute Gasteiger partial charge is 0.462 e. The number of allylic oxidation sites excluding steroid dienone is 19. The van der Waals surface area contributed by atoms with Crippen LogP contribution in [0.3, 0.4) is 0 Å². The summed E-state index contributed by atoms with van der Waals surface area (Å²) in [6, 6.07) is 0. The van der Waals surface area contributed by atoms with Gasteiger partial charge in [0.1, 0.15) is 12.7 Å². The second kappa shape index (κ2) is 61.0. The number of phosphoric ester groups is 1. The van der Waals surface area contributed by atoms with Crippen molar-refractivity contribution in [1.82, 2.24) is 0 Å². The summed E-state index contributed by atoms with van der Waals surface area (Å²) in [5.41, 5.74) is 0. The van der Waals surface area contributed by atoms with Crippen LogP contribution in [0.5, 0.6) is 0 Å². The van der Waals surface area contributed by atoms with Crippen LogP contribution in [0, 0.1) is 0 Å². The van der Waals surface area contributed by atoms with Crippen molar-refractivity contribution >= 4 is 25.7 Å². The minimum atomic E-state index is -4.79. The molecule has 0 saturated carbocycles. The number of hydrogen-bond acceptors (Lipinski definition) is 10. The average molecular weight is 1140 g/mol. The van der Waals surface area contributed by atoms with Crippen molar-refractivity contribution in [1.29, 1.82) is 0 Å². The number of aliphatic hydroxyl groups is 1. The van der Waals surface area contributed by atoms with Crippen molar-refractivity contribution in [2.45, 2.75) is 264 Å². The van der Waals surface area contributed by atoms with Gasteiger partial charge in [0.15, 0.2) is 6.10 Å². The molecule has 80 heavy (non-hydrogen) atoms. The maximum absolute atomic E-state index is 13.0. The Morgan fingerprint density at radius 2 is 0.700 bits per heavy atom. The van der Waals surface area contributed by atoms with Gasteiger partial charge in [0, 0.05) is 12.8 Å². The van der Waals surface area contributed by atoms with E-state index in [0.29, 0.717) is 19.3 Å². The molecule has 12 heteroatoms. The van der Waals surface area contributed by atoms with Crippen LogP contribution >= 0.6 is 7.82 Å². The summed E-state index contributed by atoms with van der Waals surface area (Å²) in [5.74, 6) is -1.62. The fourth-order valence-electron chi connectivity index (χ4n) is 8.18. The number of unbranched alkanes of at least 4 members (excludes halogenated alkanes) is 21. The van der Waals surface area contributed by atoms with Crippen LogP contribution in [0.15, 0.2) is 122 Å². The second-order valence-electron chi connectivity index (χ2n) is 20.5. The molecule has 0 aromatic rings. The zero-order valence-electron chi connectivity index (χ0n) is 50.5. The first kappa shape index (κ1) is 75.9. The van der Waals surface area contributed by atoms with Gasteiger partial charge in [-0.15, -0.1) is 0 Å². The minimum Gasteiger partial charge on any atom is -0.462 e. The van der Waals surface area contributed by atoms with E-state index in [4.69, 9.17) is 23.3 Å². The molecule has 2 N–H and O–H groups in total. The first-order valence-corrected chi connectivity index (χ1v) is 32.9. The Balaban J connectivity index is 4.82. The van der Waals surface area contributed by atoms with Gasteiger partial charge in [-0.1, -0.05) is 245 Å². The molecule has 0 aromatic heterocycles. The molecule has 11 nitrogen and oxygen atoms in total. The summed E-state index contributed by atoms with van der Waals surface area (Å²) < 4.78 is 39.5. The van der Waals surface area contributed by atoms with Crippen LogP contribution in [0.2, 0.25) is 0 Å². The minimum absolute atomic E-state index is 0.0612. The van der Waals surface area contributed by atoms with Gasteiger partial charge < -0.3 is 24.2 Å². The number of hydrogen-bond donors (Lipinski definition) is 2. The van der Waals surface area contributed by atoms with E-state index in [1.807, 2.05) is 18.2 Å². The summed E-state index contributed by atoms with van der Waals surface area (Å²) >= 11 is 0. The zero-order valence-corrected chi connectivity index (χ0v) is 51.4. The van der Waals surface area contributed by atoms with E-state index in [9.17, 15) is 28.9 Å². The van der Waals surface area contributed by atoms with E-state index < -0.39 is 57.8 Å². The largest absolute Gasteiger partial charge is 0.472 e. The normalized spacial score (nSPS) is 14.1. The van der Waals surface area contributed by atoms with Gasteiger partial charge in [0.2, 0.25) is 0 Å². The molecule has 0 radical (unpaired) electrons. The highest BCUT2D eigenvalue weighted by Crippen LogP contribution is 2.43. The quantitative estimate of drug-likeness (QED) is 0.0197. The molecule has 0 aliphatic carbocycles. The second-order valence-corrected chi connectivity index (χ2v) is 21.9. The molecule has 0 saturated heterocycles. The van der Waals surface area contributed by atoms with Crippen molar-refractivity contribution in [3.63, 3.8) is 0 Å². The van der Waals surface area contributed by atoms with E-state index in [1.54, 1.807) is 6.08 Å². The third kappa shape index (κ3) is 58.5. The third-order valence-corrected chi connectivity index (χ3v) is 13.8. The number of ether oxygens (including phenoxy) is 3. The van der Waals surface area contributed by atoms with Gasteiger partial charge in [0.25, 0.3) is 0 Å². The van der Waals surface area contributed by atoms with Crippen LogP contribution in [-0.4, -0.2) is 66.5 Å².